The maximum atomic E-state index is 13.9. The van der Waals surface area contributed by atoms with Crippen molar-refractivity contribution in [3.63, 3.8) is 0 Å². The molecule has 4 rings (SSSR count). The third-order valence-electron chi connectivity index (χ3n) is 7.79. The van der Waals surface area contributed by atoms with Crippen molar-refractivity contribution in [3.05, 3.63) is 132 Å². The maximum Gasteiger partial charge on any atom is 0.408 e. The largest absolute Gasteiger partial charge is 0.451 e. The first-order valence-electron chi connectivity index (χ1n) is 16.0. The number of ether oxygens (including phenoxy) is 2. The van der Waals surface area contributed by atoms with Crippen LogP contribution in [0, 0.1) is 0 Å². The van der Waals surface area contributed by atoms with E-state index in [0.29, 0.717) is 19.4 Å². The van der Waals surface area contributed by atoms with Crippen molar-refractivity contribution in [1.82, 2.24) is 5.32 Å². The number of alkyl carbamates (subject to hydrolysis) is 1. The van der Waals surface area contributed by atoms with Crippen molar-refractivity contribution >= 4 is 30.8 Å². The summed E-state index contributed by atoms with van der Waals surface area (Å²) in [5, 5.41) is 4.98. The van der Waals surface area contributed by atoms with Crippen molar-refractivity contribution in [1.29, 1.82) is 0 Å². The Bertz CT molecular complexity index is 1440. The van der Waals surface area contributed by atoms with Crippen molar-refractivity contribution in [2.45, 2.75) is 77.2 Å². The zero-order valence-corrected chi connectivity index (χ0v) is 28.9. The predicted molar refractivity (Wildman–Crippen MR) is 187 cm³/mol. The third kappa shape index (κ3) is 8.95. The lowest BCUT2D eigenvalue weighted by atomic mass is 10.0. The average Bonchev–Trinajstić information content (AvgIpc) is 3.03. The summed E-state index contributed by atoms with van der Waals surface area (Å²) >= 11 is 0. The minimum atomic E-state index is -2.75. The summed E-state index contributed by atoms with van der Waals surface area (Å²) in [4.78, 5) is 26.8. The van der Waals surface area contributed by atoms with E-state index in [1.54, 1.807) is 20.8 Å². The summed E-state index contributed by atoms with van der Waals surface area (Å²) in [7, 11) is -2.75. The highest BCUT2D eigenvalue weighted by Gasteiger charge is 2.50. The van der Waals surface area contributed by atoms with Gasteiger partial charge in [-0.05, 0) is 60.2 Å². The van der Waals surface area contributed by atoms with Crippen LogP contribution in [0.3, 0.4) is 0 Å². The fraction of sp³-hybridized carbons (Fsp3) is 0.333. The van der Waals surface area contributed by atoms with E-state index in [0.717, 1.165) is 11.1 Å². The van der Waals surface area contributed by atoms with Gasteiger partial charge in [-0.25, -0.2) is 9.59 Å². The van der Waals surface area contributed by atoms with E-state index in [2.05, 4.69) is 74.6 Å². The Balaban J connectivity index is 1.58. The number of carbonyl (C=O) groups excluding carboxylic acids is 2. The normalized spacial score (nSPS) is 12.8. The molecule has 4 aromatic carbocycles. The molecular weight excluding hydrogens is 591 g/mol. The van der Waals surface area contributed by atoms with Crippen LogP contribution in [0.25, 0.3) is 0 Å². The molecule has 0 saturated carbocycles. The highest BCUT2D eigenvalue weighted by molar-refractivity contribution is 6.99. The van der Waals surface area contributed by atoms with Crippen LogP contribution in [0.2, 0.25) is 5.04 Å². The van der Waals surface area contributed by atoms with Crippen molar-refractivity contribution in [2.24, 2.45) is 0 Å². The lowest BCUT2D eigenvalue weighted by Crippen LogP contribution is -2.66. The zero-order chi connectivity index (χ0) is 33.2. The van der Waals surface area contributed by atoms with E-state index < -0.39 is 38.1 Å². The molecule has 0 radical (unpaired) electrons. The summed E-state index contributed by atoms with van der Waals surface area (Å²) < 4.78 is 18.7. The van der Waals surface area contributed by atoms with Gasteiger partial charge in [-0.1, -0.05) is 142 Å². The van der Waals surface area contributed by atoms with E-state index >= 15 is 0 Å². The molecule has 1 N–H and O–H groups in total. The molecule has 0 fully saturated rings. The van der Waals surface area contributed by atoms with Crippen LogP contribution in [0.4, 0.5) is 4.79 Å². The molecule has 0 heterocycles. The Kier molecular flexibility index (Phi) is 11.6. The van der Waals surface area contributed by atoms with Crippen LogP contribution in [-0.4, -0.2) is 38.6 Å². The van der Waals surface area contributed by atoms with Gasteiger partial charge in [-0.15, -0.1) is 0 Å². The van der Waals surface area contributed by atoms with Gasteiger partial charge < -0.3 is 19.2 Å². The summed E-state index contributed by atoms with van der Waals surface area (Å²) in [5.74, 6) is -0.533. The van der Waals surface area contributed by atoms with E-state index in [4.69, 9.17) is 13.9 Å². The number of esters is 1. The number of hydrogen-bond donors (Lipinski definition) is 1. The molecule has 0 saturated heterocycles. The van der Waals surface area contributed by atoms with Gasteiger partial charge in [0.2, 0.25) is 0 Å². The number of nitrogens with one attached hydrogen (secondary N) is 1. The van der Waals surface area contributed by atoms with Gasteiger partial charge >= 0.3 is 12.1 Å². The lowest BCUT2D eigenvalue weighted by Gasteiger charge is -2.43. The Morgan fingerprint density at radius 2 is 1.11 bits per heavy atom. The Morgan fingerprint density at radius 3 is 1.52 bits per heavy atom. The molecule has 1 atom stereocenters. The first kappa shape index (κ1) is 34.7. The zero-order valence-electron chi connectivity index (χ0n) is 27.9. The molecule has 0 spiro atoms. The lowest BCUT2D eigenvalue weighted by molar-refractivity contribution is -0.150. The second kappa shape index (κ2) is 15.4. The molecule has 1 unspecified atom stereocenters. The Labute approximate surface area is 275 Å². The van der Waals surface area contributed by atoms with E-state index in [-0.39, 0.29) is 5.04 Å². The highest BCUT2D eigenvalue weighted by atomic mass is 28.4. The van der Waals surface area contributed by atoms with Crippen molar-refractivity contribution in [3.8, 4) is 0 Å². The van der Waals surface area contributed by atoms with Gasteiger partial charge in [-0.2, -0.15) is 0 Å². The first-order chi connectivity index (χ1) is 21.9. The molecular formula is C39H47NO5Si. The summed E-state index contributed by atoms with van der Waals surface area (Å²) in [6.07, 6.45) is -0.474. The van der Waals surface area contributed by atoms with Crippen LogP contribution >= 0.6 is 0 Å². The molecule has 7 heteroatoms. The molecule has 46 heavy (non-hydrogen) atoms. The molecule has 1 amide bonds. The highest BCUT2D eigenvalue weighted by Crippen LogP contribution is 2.37. The summed E-state index contributed by atoms with van der Waals surface area (Å²) in [6.45, 7) is 12.5. The van der Waals surface area contributed by atoms with Crippen molar-refractivity contribution < 1.29 is 23.5 Å². The molecule has 0 aromatic heterocycles. The number of benzene rings is 4. The van der Waals surface area contributed by atoms with E-state index in [1.807, 2.05) is 72.8 Å². The van der Waals surface area contributed by atoms with Gasteiger partial charge in [-0.3, -0.25) is 0 Å². The third-order valence-corrected chi connectivity index (χ3v) is 12.8. The molecule has 6 nitrogen and oxygen atoms in total. The van der Waals surface area contributed by atoms with Crippen molar-refractivity contribution in [2.75, 3.05) is 6.61 Å². The Morgan fingerprint density at radius 1 is 0.674 bits per heavy atom. The Hall–Kier alpha value is -4.20. The fourth-order valence-electron chi connectivity index (χ4n) is 5.76. The number of carbonyl (C=O) groups is 2. The molecule has 242 valence electrons. The van der Waals surface area contributed by atoms with Crippen LogP contribution in [0.15, 0.2) is 121 Å². The first-order valence-corrected chi connectivity index (χ1v) is 17.9. The van der Waals surface area contributed by atoms with Gasteiger partial charge in [0.05, 0.1) is 0 Å². The van der Waals surface area contributed by atoms with E-state index in [1.165, 1.54) is 10.4 Å². The topological polar surface area (TPSA) is 73.9 Å². The number of rotatable bonds is 12. The molecule has 0 aliphatic heterocycles. The van der Waals surface area contributed by atoms with Gasteiger partial charge in [0.1, 0.15) is 11.6 Å². The minimum absolute atomic E-state index is 0.179. The molecule has 0 aliphatic carbocycles. The molecule has 0 aliphatic rings. The second-order valence-corrected chi connectivity index (χ2v) is 17.8. The fourth-order valence-corrected chi connectivity index (χ4v) is 10.4. The maximum absolute atomic E-state index is 13.9. The number of hydrogen-bond acceptors (Lipinski definition) is 5. The monoisotopic (exact) mass is 637 g/mol. The van der Waals surface area contributed by atoms with Crippen LogP contribution < -0.4 is 15.7 Å². The SMILES string of the molecule is CC(C)(C)OC(=O)NC(CCCO[Si](c1ccccc1)(c1ccccc1)C(C)(C)C)C(=O)OC(c1ccccc1)c1ccccc1. The summed E-state index contributed by atoms with van der Waals surface area (Å²) in [6, 6.07) is 39.2. The molecule has 0 bridgehead atoms. The molecule has 4 aromatic rings. The standard InChI is InChI=1S/C39H47NO5Si/c1-38(2,3)45-37(42)40-34(36(41)44-35(30-20-11-7-12-21-30)31-22-13-8-14-23-31)28-19-29-43-46(39(4,5)6,32-24-15-9-16-25-32)33-26-17-10-18-27-33/h7-18,20-27,34-35H,19,28-29H2,1-6H3,(H,40,42). The van der Waals surface area contributed by atoms with E-state index in [9.17, 15) is 9.59 Å². The predicted octanol–water partition coefficient (Wildman–Crippen LogP) is 7.57. The van der Waals surface area contributed by atoms with Gasteiger partial charge in [0, 0.05) is 6.61 Å². The number of amides is 1. The second-order valence-electron chi connectivity index (χ2n) is 13.5. The smallest absolute Gasteiger partial charge is 0.408 e. The van der Waals surface area contributed by atoms with Crippen LogP contribution in [-0.2, 0) is 18.7 Å². The average molecular weight is 638 g/mol. The summed E-state index contributed by atoms with van der Waals surface area (Å²) in [5.41, 5.74) is 0.961. The van der Waals surface area contributed by atoms with Gasteiger partial charge in [0.15, 0.2) is 6.10 Å². The minimum Gasteiger partial charge on any atom is -0.451 e. The van der Waals surface area contributed by atoms with Crippen LogP contribution in [0.5, 0.6) is 0 Å². The van der Waals surface area contributed by atoms with Crippen LogP contribution in [0.1, 0.15) is 71.6 Å². The van der Waals surface area contributed by atoms with Gasteiger partial charge in [0.25, 0.3) is 8.32 Å². The quantitative estimate of drug-likeness (QED) is 0.0986.